The lowest BCUT2D eigenvalue weighted by atomic mass is 10.3. The maximum Gasteiger partial charge on any atom is 0.244 e. The highest BCUT2D eigenvalue weighted by atomic mass is 35.5. The highest BCUT2D eigenvalue weighted by Gasteiger charge is 2.15. The normalized spacial score (nSPS) is 12.3. The van der Waals surface area contributed by atoms with Crippen molar-refractivity contribution in [2.45, 2.75) is 19.4 Å². The van der Waals surface area contributed by atoms with E-state index in [1.165, 1.54) is 10.9 Å². The third kappa shape index (κ3) is 3.44. The minimum absolute atomic E-state index is 0.146. The molecule has 0 aliphatic heterocycles. The fourth-order valence-electron chi connectivity index (χ4n) is 1.52. The summed E-state index contributed by atoms with van der Waals surface area (Å²) in [6.07, 6.45) is 3.62. The van der Waals surface area contributed by atoms with Gasteiger partial charge in [0, 0.05) is 19.2 Å². The van der Waals surface area contributed by atoms with Gasteiger partial charge in [-0.05, 0) is 6.92 Å². The van der Waals surface area contributed by atoms with E-state index in [1.54, 1.807) is 13.1 Å². The van der Waals surface area contributed by atoms with Gasteiger partial charge in [-0.25, -0.2) is 0 Å². The van der Waals surface area contributed by atoms with Crippen LogP contribution in [0.4, 0.5) is 5.95 Å². The summed E-state index contributed by atoms with van der Waals surface area (Å²) in [6, 6.07) is -0.424. The summed E-state index contributed by atoms with van der Waals surface area (Å²) in [6.45, 7) is 2.18. The molecule has 19 heavy (non-hydrogen) atoms. The zero-order valence-corrected chi connectivity index (χ0v) is 11.1. The molecule has 2 aromatic rings. The molecule has 2 heterocycles. The van der Waals surface area contributed by atoms with E-state index in [0.717, 1.165) is 0 Å². The Morgan fingerprint density at radius 2 is 2.47 bits per heavy atom. The van der Waals surface area contributed by atoms with E-state index >= 15 is 0 Å². The van der Waals surface area contributed by atoms with Crippen molar-refractivity contribution in [3.63, 3.8) is 0 Å². The van der Waals surface area contributed by atoms with E-state index in [4.69, 9.17) is 17.3 Å². The molecule has 4 N–H and O–H groups in total. The standard InChI is InChI=1S/C10H14ClN7O/c1-6(18-5-7(11)4-14-18)9(19)13-3-2-8-15-10(12)17-16-8/h4-6H,2-3H2,1H3,(H,13,19)(H3,12,15,16,17)/t6-/m1/s1. The SMILES string of the molecule is C[C@H](C(=O)NCCc1nc(N)n[nH]1)n1cc(Cl)cn1. The molecule has 1 atom stereocenters. The number of hydrogen-bond donors (Lipinski definition) is 3. The molecule has 2 rings (SSSR count). The average Bonchev–Trinajstić information content (AvgIpc) is 2.97. The van der Waals surface area contributed by atoms with Gasteiger partial charge in [-0.2, -0.15) is 10.1 Å². The van der Waals surface area contributed by atoms with Gasteiger partial charge in [-0.15, -0.1) is 5.10 Å². The summed E-state index contributed by atoms with van der Waals surface area (Å²) in [5, 5.41) is 13.6. The maximum absolute atomic E-state index is 11.9. The fourth-order valence-corrected chi connectivity index (χ4v) is 1.66. The molecule has 0 bridgehead atoms. The number of nitrogens with one attached hydrogen (secondary N) is 2. The summed E-state index contributed by atoms with van der Waals surface area (Å²) in [5.41, 5.74) is 5.37. The molecule has 0 saturated carbocycles. The second-order valence-corrected chi connectivity index (χ2v) is 4.43. The zero-order chi connectivity index (χ0) is 13.8. The third-order valence-electron chi connectivity index (χ3n) is 2.56. The smallest absolute Gasteiger partial charge is 0.244 e. The van der Waals surface area contributed by atoms with Gasteiger partial charge in [-0.3, -0.25) is 14.6 Å². The Morgan fingerprint density at radius 1 is 1.68 bits per heavy atom. The Kier molecular flexibility index (Phi) is 4.00. The fraction of sp³-hybridized carbons (Fsp3) is 0.400. The number of nitrogens with two attached hydrogens (primary N) is 1. The lowest BCUT2D eigenvalue weighted by Crippen LogP contribution is -2.32. The highest BCUT2D eigenvalue weighted by Crippen LogP contribution is 2.10. The molecule has 0 saturated heterocycles. The molecular formula is C10H14ClN7O. The van der Waals surface area contributed by atoms with Crippen LogP contribution in [-0.4, -0.2) is 37.4 Å². The van der Waals surface area contributed by atoms with E-state index in [-0.39, 0.29) is 11.9 Å². The minimum atomic E-state index is -0.424. The number of anilines is 1. The second-order valence-electron chi connectivity index (χ2n) is 4.00. The quantitative estimate of drug-likeness (QED) is 0.723. The molecule has 0 unspecified atom stereocenters. The first-order chi connectivity index (χ1) is 9.06. The first-order valence-electron chi connectivity index (χ1n) is 5.70. The largest absolute Gasteiger partial charge is 0.367 e. The molecule has 9 heteroatoms. The summed E-state index contributed by atoms with van der Waals surface area (Å²) >= 11 is 5.75. The van der Waals surface area contributed by atoms with E-state index in [9.17, 15) is 4.79 Å². The summed E-state index contributed by atoms with van der Waals surface area (Å²) < 4.78 is 1.50. The maximum atomic E-state index is 11.9. The Labute approximate surface area is 114 Å². The molecule has 1 amide bonds. The van der Waals surface area contributed by atoms with Crippen LogP contribution >= 0.6 is 11.6 Å². The van der Waals surface area contributed by atoms with E-state index < -0.39 is 6.04 Å². The van der Waals surface area contributed by atoms with Gasteiger partial charge in [0.2, 0.25) is 11.9 Å². The predicted molar refractivity (Wildman–Crippen MR) is 69.5 cm³/mol. The molecule has 0 spiro atoms. The number of carbonyl (C=O) groups excluding carboxylic acids is 1. The van der Waals surface area contributed by atoms with Gasteiger partial charge in [0.05, 0.1) is 11.2 Å². The van der Waals surface area contributed by atoms with Gasteiger partial charge in [-0.1, -0.05) is 11.6 Å². The van der Waals surface area contributed by atoms with Crippen LogP contribution in [0, 0.1) is 0 Å². The molecule has 0 fully saturated rings. The molecule has 0 aliphatic rings. The lowest BCUT2D eigenvalue weighted by Gasteiger charge is -2.11. The Morgan fingerprint density at radius 3 is 3.05 bits per heavy atom. The number of aromatic nitrogens is 5. The van der Waals surface area contributed by atoms with Crippen molar-refractivity contribution in [1.29, 1.82) is 0 Å². The summed E-state index contributed by atoms with van der Waals surface area (Å²) in [4.78, 5) is 15.8. The summed E-state index contributed by atoms with van der Waals surface area (Å²) in [5.74, 6) is 0.681. The van der Waals surface area contributed by atoms with Crippen LogP contribution in [0.15, 0.2) is 12.4 Å². The van der Waals surface area contributed by atoms with Crippen LogP contribution < -0.4 is 11.1 Å². The number of hydrogen-bond acceptors (Lipinski definition) is 5. The summed E-state index contributed by atoms with van der Waals surface area (Å²) in [7, 11) is 0. The Hall–Kier alpha value is -2.09. The van der Waals surface area contributed by atoms with Crippen molar-refractivity contribution in [2.24, 2.45) is 0 Å². The molecular weight excluding hydrogens is 270 g/mol. The van der Waals surface area contributed by atoms with Crippen molar-refractivity contribution in [1.82, 2.24) is 30.3 Å². The van der Waals surface area contributed by atoms with Crippen LogP contribution in [-0.2, 0) is 11.2 Å². The van der Waals surface area contributed by atoms with Crippen molar-refractivity contribution < 1.29 is 4.79 Å². The average molecular weight is 284 g/mol. The molecule has 0 aliphatic carbocycles. The van der Waals surface area contributed by atoms with Crippen LogP contribution in [0.3, 0.4) is 0 Å². The monoisotopic (exact) mass is 283 g/mol. The Bertz CT molecular complexity index is 564. The van der Waals surface area contributed by atoms with Gasteiger partial charge >= 0.3 is 0 Å². The third-order valence-corrected chi connectivity index (χ3v) is 2.75. The number of amides is 1. The number of halogens is 1. The van der Waals surface area contributed by atoms with Crippen molar-refractivity contribution in [3.8, 4) is 0 Å². The van der Waals surface area contributed by atoms with Crippen LogP contribution in [0.5, 0.6) is 0 Å². The number of rotatable bonds is 5. The van der Waals surface area contributed by atoms with Crippen molar-refractivity contribution in [3.05, 3.63) is 23.2 Å². The van der Waals surface area contributed by atoms with E-state index in [2.05, 4.69) is 25.6 Å². The molecule has 102 valence electrons. The Balaban J connectivity index is 1.81. The van der Waals surface area contributed by atoms with Gasteiger partial charge in [0.1, 0.15) is 11.9 Å². The van der Waals surface area contributed by atoms with Crippen molar-refractivity contribution in [2.75, 3.05) is 12.3 Å². The van der Waals surface area contributed by atoms with Crippen LogP contribution in [0.25, 0.3) is 0 Å². The molecule has 2 aromatic heterocycles. The predicted octanol–water partition coefficient (Wildman–Crippen LogP) is 0.157. The van der Waals surface area contributed by atoms with Gasteiger partial charge in [0.25, 0.3) is 0 Å². The lowest BCUT2D eigenvalue weighted by molar-refractivity contribution is -0.124. The van der Waals surface area contributed by atoms with Gasteiger partial charge < -0.3 is 11.1 Å². The van der Waals surface area contributed by atoms with Crippen LogP contribution in [0.2, 0.25) is 5.02 Å². The van der Waals surface area contributed by atoms with E-state index in [1.807, 2.05) is 0 Å². The number of nitrogen functional groups attached to an aromatic ring is 1. The first-order valence-corrected chi connectivity index (χ1v) is 6.08. The zero-order valence-electron chi connectivity index (χ0n) is 10.3. The van der Waals surface area contributed by atoms with Gasteiger partial charge in [0.15, 0.2) is 0 Å². The minimum Gasteiger partial charge on any atom is -0.367 e. The highest BCUT2D eigenvalue weighted by molar-refractivity contribution is 6.30. The molecule has 0 aromatic carbocycles. The van der Waals surface area contributed by atoms with E-state index in [0.29, 0.717) is 23.8 Å². The number of aromatic amines is 1. The topological polar surface area (TPSA) is 115 Å². The molecule has 8 nitrogen and oxygen atoms in total. The molecule has 0 radical (unpaired) electrons. The van der Waals surface area contributed by atoms with Crippen molar-refractivity contribution >= 4 is 23.5 Å². The second kappa shape index (κ2) is 5.70. The van der Waals surface area contributed by atoms with Crippen LogP contribution in [0.1, 0.15) is 18.8 Å². The number of carbonyl (C=O) groups is 1. The first kappa shape index (κ1) is 13.3. The number of nitrogens with zero attached hydrogens (tertiary/aromatic N) is 4. The number of H-pyrrole nitrogens is 1.